The number of para-hydroxylation sites is 1. The molecule has 2 aromatic carbocycles. The summed E-state index contributed by atoms with van der Waals surface area (Å²) in [5, 5.41) is 11.6. The molecule has 0 saturated carbocycles. The van der Waals surface area contributed by atoms with Crippen molar-refractivity contribution < 1.29 is 14.7 Å². The molecule has 0 heterocycles. The van der Waals surface area contributed by atoms with Crippen LogP contribution in [-0.4, -0.2) is 22.2 Å². The van der Waals surface area contributed by atoms with Gasteiger partial charge in [0.05, 0.1) is 11.7 Å². The van der Waals surface area contributed by atoms with Gasteiger partial charge in [-0.25, -0.2) is 0 Å². The topological polar surface area (TPSA) is 66.4 Å². The van der Waals surface area contributed by atoms with E-state index in [1.165, 1.54) is 11.8 Å². The van der Waals surface area contributed by atoms with Crippen LogP contribution in [0.2, 0.25) is 5.02 Å². The molecule has 0 radical (unpaired) electrons. The maximum Gasteiger partial charge on any atom is 0.305 e. The highest BCUT2D eigenvalue weighted by Crippen LogP contribution is 2.27. The van der Waals surface area contributed by atoms with Crippen LogP contribution in [0.1, 0.15) is 6.42 Å². The summed E-state index contributed by atoms with van der Waals surface area (Å²) in [7, 11) is 0. The van der Waals surface area contributed by atoms with E-state index in [4.69, 9.17) is 16.7 Å². The zero-order valence-electron chi connectivity index (χ0n) is 11.5. The fourth-order valence-electron chi connectivity index (χ4n) is 1.77. The molecular formula is C16H14ClNO3S. The van der Waals surface area contributed by atoms with Crippen molar-refractivity contribution in [1.29, 1.82) is 0 Å². The van der Waals surface area contributed by atoms with E-state index < -0.39 is 11.2 Å². The Balaban J connectivity index is 2.09. The molecule has 0 saturated heterocycles. The minimum Gasteiger partial charge on any atom is -0.481 e. The van der Waals surface area contributed by atoms with E-state index in [0.29, 0.717) is 10.7 Å². The van der Waals surface area contributed by atoms with Gasteiger partial charge in [0, 0.05) is 15.6 Å². The van der Waals surface area contributed by atoms with Gasteiger partial charge in [0.2, 0.25) is 5.91 Å². The molecule has 0 spiro atoms. The van der Waals surface area contributed by atoms with E-state index in [2.05, 4.69) is 5.32 Å². The Morgan fingerprint density at radius 1 is 1.09 bits per heavy atom. The molecule has 114 valence electrons. The van der Waals surface area contributed by atoms with Gasteiger partial charge in [-0.05, 0) is 36.4 Å². The molecule has 0 aliphatic carbocycles. The van der Waals surface area contributed by atoms with Crippen LogP contribution in [0.3, 0.4) is 0 Å². The van der Waals surface area contributed by atoms with Crippen LogP contribution < -0.4 is 5.32 Å². The first kappa shape index (κ1) is 16.4. The van der Waals surface area contributed by atoms with Crippen molar-refractivity contribution in [1.82, 2.24) is 0 Å². The molecular weight excluding hydrogens is 322 g/mol. The lowest BCUT2D eigenvalue weighted by molar-refractivity contribution is -0.138. The largest absolute Gasteiger partial charge is 0.481 e. The highest BCUT2D eigenvalue weighted by molar-refractivity contribution is 8.00. The van der Waals surface area contributed by atoms with Crippen molar-refractivity contribution in [2.24, 2.45) is 0 Å². The summed E-state index contributed by atoms with van der Waals surface area (Å²) in [5.41, 5.74) is 0.639. The molecule has 0 aromatic heterocycles. The third-order valence-corrected chi connectivity index (χ3v) is 4.25. The molecule has 22 heavy (non-hydrogen) atoms. The van der Waals surface area contributed by atoms with Gasteiger partial charge in [-0.1, -0.05) is 29.8 Å². The number of hydrogen-bond donors (Lipinski definition) is 2. The maximum atomic E-state index is 12.3. The lowest BCUT2D eigenvalue weighted by Crippen LogP contribution is -2.27. The highest BCUT2D eigenvalue weighted by Gasteiger charge is 2.23. The van der Waals surface area contributed by atoms with Crippen molar-refractivity contribution in [2.75, 3.05) is 5.32 Å². The number of anilines is 1. The minimum atomic E-state index is -1.02. The zero-order chi connectivity index (χ0) is 15.9. The van der Waals surface area contributed by atoms with Gasteiger partial charge < -0.3 is 10.4 Å². The summed E-state index contributed by atoms with van der Waals surface area (Å²) < 4.78 is 0. The van der Waals surface area contributed by atoms with Crippen LogP contribution in [0.5, 0.6) is 0 Å². The van der Waals surface area contributed by atoms with Crippen LogP contribution in [0.4, 0.5) is 5.69 Å². The molecule has 0 bridgehead atoms. The fourth-order valence-corrected chi connectivity index (χ4v) is 2.91. The number of aliphatic carboxylic acids is 1. The van der Waals surface area contributed by atoms with Gasteiger partial charge in [-0.3, -0.25) is 9.59 Å². The Morgan fingerprint density at radius 2 is 1.73 bits per heavy atom. The molecule has 2 aromatic rings. The predicted molar refractivity (Wildman–Crippen MR) is 88.4 cm³/mol. The summed E-state index contributed by atoms with van der Waals surface area (Å²) in [4.78, 5) is 24.1. The normalized spacial score (nSPS) is 11.7. The monoisotopic (exact) mass is 335 g/mol. The van der Waals surface area contributed by atoms with Crippen LogP contribution in [-0.2, 0) is 9.59 Å². The third-order valence-electron chi connectivity index (χ3n) is 2.79. The fraction of sp³-hybridized carbons (Fsp3) is 0.125. The Hall–Kier alpha value is -1.98. The van der Waals surface area contributed by atoms with Gasteiger partial charge in [-0.2, -0.15) is 0 Å². The standard InChI is InChI=1S/C16H14ClNO3S/c17-11-6-8-13(9-7-11)22-14(10-15(19)20)16(21)18-12-4-2-1-3-5-12/h1-9,14H,10H2,(H,18,21)(H,19,20)/t14-/m0/s1. The molecule has 1 atom stereocenters. The Kier molecular flexibility index (Phi) is 5.86. The number of carboxylic acids is 1. The van der Waals surface area contributed by atoms with Crippen molar-refractivity contribution >= 4 is 40.9 Å². The van der Waals surface area contributed by atoms with Gasteiger partial charge in [0.15, 0.2) is 0 Å². The summed E-state index contributed by atoms with van der Waals surface area (Å²) in [6.45, 7) is 0. The molecule has 0 unspecified atom stereocenters. The first-order chi connectivity index (χ1) is 10.5. The van der Waals surface area contributed by atoms with E-state index >= 15 is 0 Å². The smallest absolute Gasteiger partial charge is 0.305 e. The first-order valence-electron chi connectivity index (χ1n) is 6.54. The van der Waals surface area contributed by atoms with Crippen molar-refractivity contribution in [3.05, 3.63) is 59.6 Å². The number of rotatable bonds is 6. The van der Waals surface area contributed by atoms with E-state index in [0.717, 1.165) is 4.90 Å². The van der Waals surface area contributed by atoms with Crippen LogP contribution in [0, 0.1) is 0 Å². The lowest BCUT2D eigenvalue weighted by atomic mass is 10.2. The van der Waals surface area contributed by atoms with E-state index in [-0.39, 0.29) is 12.3 Å². The molecule has 4 nitrogen and oxygen atoms in total. The molecule has 2 rings (SSSR count). The number of carbonyl (C=O) groups excluding carboxylic acids is 1. The van der Waals surface area contributed by atoms with E-state index in [9.17, 15) is 9.59 Å². The number of nitrogens with one attached hydrogen (secondary N) is 1. The summed E-state index contributed by atoms with van der Waals surface area (Å²) in [6.07, 6.45) is -0.258. The average Bonchev–Trinajstić information content (AvgIpc) is 2.49. The Bertz CT molecular complexity index is 646. The van der Waals surface area contributed by atoms with Crippen molar-refractivity contribution in [3.63, 3.8) is 0 Å². The summed E-state index contributed by atoms with van der Waals surface area (Å²) >= 11 is 7.02. The molecule has 6 heteroatoms. The molecule has 0 fully saturated rings. The second-order valence-corrected chi connectivity index (χ2v) is 6.23. The van der Waals surface area contributed by atoms with E-state index in [1.807, 2.05) is 6.07 Å². The third kappa shape index (κ3) is 5.09. The van der Waals surface area contributed by atoms with Gasteiger partial charge in [0.25, 0.3) is 0 Å². The number of carboxylic acid groups (broad SMARTS) is 1. The molecule has 0 aliphatic rings. The van der Waals surface area contributed by atoms with Crippen molar-refractivity contribution in [2.45, 2.75) is 16.6 Å². The number of amides is 1. The Labute approximate surface area is 137 Å². The number of hydrogen-bond acceptors (Lipinski definition) is 3. The van der Waals surface area contributed by atoms with Gasteiger partial charge in [-0.15, -0.1) is 11.8 Å². The van der Waals surface area contributed by atoms with Gasteiger partial charge in [0.1, 0.15) is 0 Å². The first-order valence-corrected chi connectivity index (χ1v) is 7.80. The quantitative estimate of drug-likeness (QED) is 0.785. The number of benzene rings is 2. The summed E-state index contributed by atoms with van der Waals surface area (Å²) in [5.74, 6) is -1.36. The average molecular weight is 336 g/mol. The zero-order valence-corrected chi connectivity index (χ0v) is 13.1. The SMILES string of the molecule is O=C(O)C[C@H](Sc1ccc(Cl)cc1)C(=O)Nc1ccccc1. The van der Waals surface area contributed by atoms with Crippen LogP contribution in [0.15, 0.2) is 59.5 Å². The molecule has 1 amide bonds. The second-order valence-electron chi connectivity index (χ2n) is 4.51. The number of carbonyl (C=O) groups is 2. The van der Waals surface area contributed by atoms with Crippen LogP contribution >= 0.6 is 23.4 Å². The maximum absolute atomic E-state index is 12.3. The van der Waals surface area contributed by atoms with E-state index in [1.54, 1.807) is 48.5 Å². The summed E-state index contributed by atoms with van der Waals surface area (Å²) in [6, 6.07) is 15.9. The lowest BCUT2D eigenvalue weighted by Gasteiger charge is -2.15. The molecule has 0 aliphatic heterocycles. The highest BCUT2D eigenvalue weighted by atomic mass is 35.5. The number of thioether (sulfide) groups is 1. The molecule has 2 N–H and O–H groups in total. The second kappa shape index (κ2) is 7.87. The van der Waals surface area contributed by atoms with Gasteiger partial charge >= 0.3 is 5.97 Å². The minimum absolute atomic E-state index is 0.258. The number of halogens is 1. The van der Waals surface area contributed by atoms with Crippen molar-refractivity contribution in [3.8, 4) is 0 Å². The van der Waals surface area contributed by atoms with Crippen LogP contribution in [0.25, 0.3) is 0 Å². The predicted octanol–water partition coefficient (Wildman–Crippen LogP) is 3.91. The Morgan fingerprint density at radius 3 is 2.32 bits per heavy atom.